The lowest BCUT2D eigenvalue weighted by atomic mass is 10.1. The molecule has 2 aromatic rings. The number of hydrogen-bond donors (Lipinski definition) is 2. The van der Waals surface area contributed by atoms with E-state index in [2.05, 4.69) is 20.6 Å². The second-order valence-electron chi connectivity index (χ2n) is 4.28. The molecule has 1 atom stereocenters. The Labute approximate surface area is 115 Å². The third kappa shape index (κ3) is 2.13. The van der Waals surface area contributed by atoms with Crippen LogP contribution in [0.15, 0.2) is 30.5 Å². The number of fused-ring (bicyclic) bond motifs is 1. The van der Waals surface area contributed by atoms with Gasteiger partial charge in [0.15, 0.2) is 0 Å². The molecule has 2 N–H and O–H groups in total. The highest BCUT2D eigenvalue weighted by Crippen LogP contribution is 2.29. The molecule has 0 radical (unpaired) electrons. The van der Waals surface area contributed by atoms with Crippen LogP contribution in [-0.4, -0.2) is 15.9 Å². The maximum Gasteiger partial charge on any atom is 0.258 e. The number of rotatable bonds is 1. The molecule has 1 aliphatic rings. The molecular weight excluding hydrogens is 264 g/mol. The van der Waals surface area contributed by atoms with Crippen molar-refractivity contribution >= 4 is 23.2 Å². The lowest BCUT2D eigenvalue weighted by molar-refractivity contribution is 0.0934. The number of carbonyl (C=O) groups excluding carboxylic acids is 1. The number of hydrogen-bond acceptors (Lipinski definition) is 4. The molecule has 96 valence electrons. The second-order valence-corrected chi connectivity index (χ2v) is 4.64. The molecule has 0 saturated carbocycles. The maximum absolute atomic E-state index is 12.1. The molecule has 0 saturated heterocycles. The molecule has 0 spiro atoms. The minimum absolute atomic E-state index is 0.193. The van der Waals surface area contributed by atoms with Crippen LogP contribution >= 0.6 is 11.6 Å². The van der Waals surface area contributed by atoms with Crippen LogP contribution in [0.3, 0.4) is 0 Å². The Hall–Kier alpha value is -2.14. The lowest BCUT2D eigenvalue weighted by Crippen LogP contribution is -2.39. The lowest BCUT2D eigenvalue weighted by Gasteiger charge is -2.27. The molecule has 3 heterocycles. The van der Waals surface area contributed by atoms with Crippen molar-refractivity contribution in [3.05, 3.63) is 52.6 Å². The normalized spacial score (nSPS) is 17.4. The largest absolute Gasteiger partial charge is 0.360 e. The van der Waals surface area contributed by atoms with E-state index in [-0.39, 0.29) is 17.2 Å². The summed E-state index contributed by atoms with van der Waals surface area (Å²) in [7, 11) is 0. The molecular formula is C13H11ClN4O. The molecule has 1 amide bonds. The third-order valence-electron chi connectivity index (χ3n) is 2.91. The first-order chi connectivity index (χ1) is 9.15. The van der Waals surface area contributed by atoms with Crippen molar-refractivity contribution in [2.24, 2.45) is 0 Å². The maximum atomic E-state index is 12.1. The van der Waals surface area contributed by atoms with E-state index in [4.69, 9.17) is 11.6 Å². The first-order valence-corrected chi connectivity index (χ1v) is 6.18. The number of carbonyl (C=O) groups is 1. The van der Waals surface area contributed by atoms with Crippen molar-refractivity contribution in [2.45, 2.75) is 13.1 Å². The average Bonchev–Trinajstić information content (AvgIpc) is 2.38. The highest BCUT2D eigenvalue weighted by atomic mass is 35.5. The van der Waals surface area contributed by atoms with Crippen molar-refractivity contribution in [1.82, 2.24) is 15.3 Å². The molecule has 3 rings (SSSR count). The quantitative estimate of drug-likeness (QED) is 0.783. The highest BCUT2D eigenvalue weighted by Gasteiger charge is 2.27. The van der Waals surface area contributed by atoms with E-state index in [1.807, 2.05) is 25.1 Å². The summed E-state index contributed by atoms with van der Waals surface area (Å²) in [4.78, 5) is 20.4. The summed E-state index contributed by atoms with van der Waals surface area (Å²) in [5.74, 6) is -0.250. The van der Waals surface area contributed by atoms with Gasteiger partial charge < -0.3 is 10.6 Å². The van der Waals surface area contributed by atoms with Gasteiger partial charge in [0.1, 0.15) is 11.3 Å². The second kappa shape index (κ2) is 4.51. The van der Waals surface area contributed by atoms with E-state index >= 15 is 0 Å². The van der Waals surface area contributed by atoms with Gasteiger partial charge in [0.2, 0.25) is 0 Å². The Balaban J connectivity index is 2.00. The number of nitrogens with one attached hydrogen (secondary N) is 2. The van der Waals surface area contributed by atoms with Crippen molar-refractivity contribution in [1.29, 1.82) is 0 Å². The van der Waals surface area contributed by atoms with Gasteiger partial charge >= 0.3 is 0 Å². The standard InChI is InChI=1S/C13H11ClN4O/c1-7-3-2-4-9(16-7)12-17-8-5-6-15-11(14)10(8)13(19)18-12/h2-6,12,17H,1H3,(H,18,19). The first kappa shape index (κ1) is 11.9. The van der Waals surface area contributed by atoms with Gasteiger partial charge in [0, 0.05) is 11.9 Å². The SMILES string of the molecule is Cc1cccc(C2NC(=O)c3c(ccnc3Cl)N2)n1. The van der Waals surface area contributed by atoms with E-state index in [1.165, 1.54) is 0 Å². The molecule has 0 bridgehead atoms. The van der Waals surface area contributed by atoms with Gasteiger partial charge in [0.25, 0.3) is 5.91 Å². The highest BCUT2D eigenvalue weighted by molar-refractivity contribution is 6.33. The zero-order valence-corrected chi connectivity index (χ0v) is 10.9. The summed E-state index contributed by atoms with van der Waals surface area (Å²) < 4.78 is 0. The number of nitrogens with zero attached hydrogens (tertiary/aromatic N) is 2. The summed E-state index contributed by atoms with van der Waals surface area (Å²) in [6.45, 7) is 1.91. The van der Waals surface area contributed by atoms with Crippen LogP contribution in [0.4, 0.5) is 5.69 Å². The van der Waals surface area contributed by atoms with Crippen LogP contribution in [0, 0.1) is 6.92 Å². The van der Waals surface area contributed by atoms with Crippen LogP contribution in [0.5, 0.6) is 0 Å². The van der Waals surface area contributed by atoms with Crippen LogP contribution in [0.2, 0.25) is 5.15 Å². The zero-order chi connectivity index (χ0) is 13.4. The summed E-state index contributed by atoms with van der Waals surface area (Å²) in [6.07, 6.45) is 1.20. The van der Waals surface area contributed by atoms with Gasteiger partial charge in [-0.1, -0.05) is 17.7 Å². The average molecular weight is 275 g/mol. The van der Waals surface area contributed by atoms with Gasteiger partial charge in [-0.3, -0.25) is 9.78 Å². The Kier molecular flexibility index (Phi) is 2.83. The van der Waals surface area contributed by atoms with Crippen molar-refractivity contribution in [3.8, 4) is 0 Å². The van der Waals surface area contributed by atoms with Crippen molar-refractivity contribution in [2.75, 3.05) is 5.32 Å². The molecule has 0 fully saturated rings. The van der Waals surface area contributed by atoms with Gasteiger partial charge in [-0.25, -0.2) is 4.98 Å². The molecule has 1 unspecified atom stereocenters. The number of aromatic nitrogens is 2. The van der Waals surface area contributed by atoms with E-state index in [1.54, 1.807) is 12.3 Å². The van der Waals surface area contributed by atoms with Crippen LogP contribution < -0.4 is 10.6 Å². The predicted octanol–water partition coefficient (Wildman–Crippen LogP) is 2.29. The summed E-state index contributed by atoms with van der Waals surface area (Å²) >= 11 is 5.93. The van der Waals surface area contributed by atoms with Crippen molar-refractivity contribution < 1.29 is 4.79 Å². The Morgan fingerprint density at radius 3 is 2.89 bits per heavy atom. The Morgan fingerprint density at radius 1 is 1.26 bits per heavy atom. The predicted molar refractivity (Wildman–Crippen MR) is 72.1 cm³/mol. The number of amides is 1. The summed E-state index contributed by atoms with van der Waals surface area (Å²) in [6, 6.07) is 7.39. The molecule has 5 nitrogen and oxygen atoms in total. The minimum atomic E-state index is -0.363. The number of aryl methyl sites for hydroxylation is 1. The first-order valence-electron chi connectivity index (χ1n) is 5.80. The fourth-order valence-electron chi connectivity index (χ4n) is 2.04. The zero-order valence-electron chi connectivity index (χ0n) is 10.1. The molecule has 0 aromatic carbocycles. The topological polar surface area (TPSA) is 66.9 Å². The Morgan fingerprint density at radius 2 is 2.11 bits per heavy atom. The molecule has 0 aliphatic carbocycles. The van der Waals surface area contributed by atoms with E-state index in [0.29, 0.717) is 11.3 Å². The van der Waals surface area contributed by atoms with E-state index < -0.39 is 0 Å². The monoisotopic (exact) mass is 274 g/mol. The van der Waals surface area contributed by atoms with Gasteiger partial charge in [-0.2, -0.15) is 0 Å². The van der Waals surface area contributed by atoms with Gasteiger partial charge in [-0.05, 0) is 25.1 Å². The van der Waals surface area contributed by atoms with Crippen LogP contribution in [0.25, 0.3) is 0 Å². The number of halogens is 1. The van der Waals surface area contributed by atoms with Crippen molar-refractivity contribution in [3.63, 3.8) is 0 Å². The fraction of sp³-hybridized carbons (Fsp3) is 0.154. The summed E-state index contributed by atoms with van der Waals surface area (Å²) in [5, 5.41) is 6.21. The van der Waals surface area contributed by atoms with Crippen LogP contribution in [0.1, 0.15) is 27.9 Å². The van der Waals surface area contributed by atoms with E-state index in [9.17, 15) is 4.79 Å². The smallest absolute Gasteiger partial charge is 0.258 e. The van der Waals surface area contributed by atoms with Gasteiger partial charge in [-0.15, -0.1) is 0 Å². The number of pyridine rings is 2. The minimum Gasteiger partial charge on any atom is -0.360 e. The summed E-state index contributed by atoms with van der Waals surface area (Å²) in [5.41, 5.74) is 2.68. The molecule has 6 heteroatoms. The molecule has 1 aliphatic heterocycles. The third-order valence-corrected chi connectivity index (χ3v) is 3.20. The van der Waals surface area contributed by atoms with Crippen LogP contribution in [-0.2, 0) is 0 Å². The fourth-order valence-corrected chi connectivity index (χ4v) is 2.28. The molecule has 2 aromatic heterocycles. The van der Waals surface area contributed by atoms with Gasteiger partial charge in [0.05, 0.1) is 16.9 Å². The van der Waals surface area contributed by atoms with E-state index in [0.717, 1.165) is 11.4 Å². The molecule has 19 heavy (non-hydrogen) atoms. The number of anilines is 1. The Bertz CT molecular complexity index is 659.